The number of benzene rings is 2. The highest BCUT2D eigenvalue weighted by Crippen LogP contribution is 2.41. The van der Waals surface area contributed by atoms with E-state index in [0.717, 1.165) is 29.7 Å². The van der Waals surface area contributed by atoms with Crippen LogP contribution in [-0.2, 0) is 22.4 Å². The normalized spacial score (nSPS) is 18.7. The highest BCUT2D eigenvalue weighted by Gasteiger charge is 2.38. The maximum absolute atomic E-state index is 13.0. The Balaban J connectivity index is 1.72. The van der Waals surface area contributed by atoms with Crippen LogP contribution in [0.2, 0.25) is 10.0 Å². The molecule has 2 amide bonds. The van der Waals surface area contributed by atoms with Crippen LogP contribution < -0.4 is 5.32 Å². The summed E-state index contributed by atoms with van der Waals surface area (Å²) in [5.74, 6) is -1.53. The zero-order chi connectivity index (χ0) is 19.1. The smallest absolute Gasteiger partial charge is 0.249 e. The van der Waals surface area contributed by atoms with Crippen LogP contribution in [0.3, 0.4) is 0 Å². The molecule has 1 atom stereocenters. The Bertz CT molecular complexity index is 948. The van der Waals surface area contributed by atoms with E-state index in [1.807, 2.05) is 6.07 Å². The molecule has 1 N–H and O–H groups in total. The highest BCUT2D eigenvalue weighted by atomic mass is 35.5. The average Bonchev–Trinajstić information content (AvgIpc) is 2.64. The monoisotopic (exact) mass is 420 g/mol. The van der Waals surface area contributed by atoms with Crippen LogP contribution in [0.5, 0.6) is 0 Å². The molecule has 1 unspecified atom stereocenters. The number of likely N-dealkylation sites (N-methyl/N-ethyl adjacent to an activating group) is 1. The summed E-state index contributed by atoms with van der Waals surface area (Å²) >= 11 is 13.6. The fourth-order valence-corrected chi connectivity index (χ4v) is 4.95. The molecule has 0 radical (unpaired) electrons. The van der Waals surface area contributed by atoms with Gasteiger partial charge in [0.25, 0.3) is 0 Å². The van der Waals surface area contributed by atoms with Crippen molar-refractivity contribution >= 4 is 52.7 Å². The standard InChI is InChI=1S/C20H18Cl2N2O2S/c1-24-20(26)18(19(25)23-16-10-13(21)6-7-15(16)22)14-8-11-4-2-3-5-12(11)9-17(14)27-24/h6-10,18H,2-5H2,1H3,(H,23,25). The Morgan fingerprint density at radius 2 is 1.85 bits per heavy atom. The van der Waals surface area contributed by atoms with Crippen molar-refractivity contribution in [1.29, 1.82) is 0 Å². The van der Waals surface area contributed by atoms with Gasteiger partial charge in [-0.1, -0.05) is 29.3 Å². The van der Waals surface area contributed by atoms with Gasteiger partial charge >= 0.3 is 0 Å². The quantitative estimate of drug-likeness (QED) is 0.544. The molecule has 1 aliphatic carbocycles. The first kappa shape index (κ1) is 18.7. The third kappa shape index (κ3) is 3.56. The molecule has 0 saturated carbocycles. The van der Waals surface area contributed by atoms with Gasteiger partial charge in [0.1, 0.15) is 5.92 Å². The largest absolute Gasteiger partial charge is 0.324 e. The third-order valence-corrected chi connectivity index (χ3v) is 6.60. The number of halogens is 2. The first-order chi connectivity index (χ1) is 12.9. The summed E-state index contributed by atoms with van der Waals surface area (Å²) in [7, 11) is 1.70. The Morgan fingerprint density at radius 3 is 2.59 bits per heavy atom. The Kier molecular flexibility index (Phi) is 5.10. The molecule has 1 aliphatic heterocycles. The zero-order valence-corrected chi connectivity index (χ0v) is 17.0. The second-order valence-corrected chi connectivity index (χ2v) is 8.85. The maximum Gasteiger partial charge on any atom is 0.249 e. The summed E-state index contributed by atoms with van der Waals surface area (Å²) in [5, 5.41) is 3.62. The van der Waals surface area contributed by atoms with Crippen molar-refractivity contribution in [3.63, 3.8) is 0 Å². The molecule has 2 aromatic rings. The summed E-state index contributed by atoms with van der Waals surface area (Å²) in [6, 6.07) is 9.04. The molecule has 27 heavy (non-hydrogen) atoms. The Hall–Kier alpha value is -1.69. The summed E-state index contributed by atoms with van der Waals surface area (Å²) in [4.78, 5) is 26.8. The second kappa shape index (κ2) is 7.38. The predicted molar refractivity (Wildman–Crippen MR) is 110 cm³/mol. The van der Waals surface area contributed by atoms with Crippen LogP contribution in [-0.4, -0.2) is 23.2 Å². The van der Waals surface area contributed by atoms with Crippen molar-refractivity contribution in [3.05, 3.63) is 57.1 Å². The number of carbonyl (C=O) groups is 2. The van der Waals surface area contributed by atoms with Crippen molar-refractivity contribution in [1.82, 2.24) is 4.31 Å². The van der Waals surface area contributed by atoms with Crippen LogP contribution in [0, 0.1) is 0 Å². The number of nitrogens with zero attached hydrogens (tertiary/aromatic N) is 1. The van der Waals surface area contributed by atoms with Crippen molar-refractivity contribution < 1.29 is 9.59 Å². The van der Waals surface area contributed by atoms with Gasteiger partial charge in [-0.05, 0) is 78.6 Å². The summed E-state index contributed by atoms with van der Waals surface area (Å²) in [6.45, 7) is 0. The van der Waals surface area contributed by atoms with Crippen LogP contribution in [0.4, 0.5) is 5.69 Å². The van der Waals surface area contributed by atoms with Crippen LogP contribution in [0.25, 0.3) is 0 Å². The second-order valence-electron chi connectivity index (χ2n) is 6.84. The van der Waals surface area contributed by atoms with Gasteiger partial charge in [0.2, 0.25) is 11.8 Å². The van der Waals surface area contributed by atoms with E-state index in [1.54, 1.807) is 25.2 Å². The third-order valence-electron chi connectivity index (χ3n) is 5.03. The van der Waals surface area contributed by atoms with Gasteiger partial charge < -0.3 is 5.32 Å². The lowest BCUT2D eigenvalue weighted by atomic mass is 9.86. The van der Waals surface area contributed by atoms with Crippen molar-refractivity contribution in [3.8, 4) is 0 Å². The number of rotatable bonds is 2. The van der Waals surface area contributed by atoms with Gasteiger partial charge in [-0.15, -0.1) is 0 Å². The van der Waals surface area contributed by atoms with E-state index in [4.69, 9.17) is 23.2 Å². The molecule has 4 nitrogen and oxygen atoms in total. The van der Waals surface area contributed by atoms with Crippen LogP contribution in [0.1, 0.15) is 35.4 Å². The van der Waals surface area contributed by atoms with Crippen molar-refractivity contribution in [2.75, 3.05) is 12.4 Å². The fraction of sp³-hybridized carbons (Fsp3) is 0.300. The minimum atomic E-state index is -0.895. The van der Waals surface area contributed by atoms with Gasteiger partial charge in [0, 0.05) is 17.0 Å². The number of carbonyl (C=O) groups excluding carboxylic acids is 2. The highest BCUT2D eigenvalue weighted by molar-refractivity contribution is 7.97. The minimum Gasteiger partial charge on any atom is -0.324 e. The molecule has 7 heteroatoms. The number of hydrogen-bond donors (Lipinski definition) is 1. The van der Waals surface area contributed by atoms with E-state index in [9.17, 15) is 9.59 Å². The molecular weight excluding hydrogens is 403 g/mol. The molecule has 140 valence electrons. The number of hydrogen-bond acceptors (Lipinski definition) is 3. The summed E-state index contributed by atoms with van der Waals surface area (Å²) < 4.78 is 1.53. The molecule has 0 saturated heterocycles. The van der Waals surface area contributed by atoms with Gasteiger partial charge in [0.15, 0.2) is 0 Å². The lowest BCUT2D eigenvalue weighted by molar-refractivity contribution is -0.132. The molecule has 0 aromatic heterocycles. The number of aryl methyl sites for hydroxylation is 2. The molecular formula is C20H18Cl2N2O2S. The minimum absolute atomic E-state index is 0.237. The van der Waals surface area contributed by atoms with E-state index < -0.39 is 11.8 Å². The number of amides is 2. The van der Waals surface area contributed by atoms with E-state index in [1.165, 1.54) is 33.8 Å². The van der Waals surface area contributed by atoms with Gasteiger partial charge in [-0.2, -0.15) is 0 Å². The van der Waals surface area contributed by atoms with Gasteiger partial charge in [-0.25, -0.2) is 0 Å². The number of nitrogens with one attached hydrogen (secondary N) is 1. The van der Waals surface area contributed by atoms with Gasteiger partial charge in [-0.3, -0.25) is 13.9 Å². The first-order valence-electron chi connectivity index (χ1n) is 8.81. The van der Waals surface area contributed by atoms with Crippen LogP contribution in [0.15, 0.2) is 35.2 Å². The maximum atomic E-state index is 13.0. The molecule has 0 fully saturated rings. The predicted octanol–water partition coefficient (Wildman–Crippen LogP) is 5.07. The van der Waals surface area contributed by atoms with E-state index in [-0.39, 0.29) is 5.91 Å². The molecule has 0 bridgehead atoms. The van der Waals surface area contributed by atoms with E-state index >= 15 is 0 Å². The SMILES string of the molecule is CN1Sc2cc3c(cc2C(C(=O)Nc2cc(Cl)ccc2Cl)C1=O)CCCC3. The molecule has 2 aliphatic rings. The summed E-state index contributed by atoms with van der Waals surface area (Å²) in [5.41, 5.74) is 3.76. The van der Waals surface area contributed by atoms with Crippen molar-refractivity contribution in [2.24, 2.45) is 0 Å². The lowest BCUT2D eigenvalue weighted by Gasteiger charge is -2.31. The number of fused-ring (bicyclic) bond motifs is 2. The lowest BCUT2D eigenvalue weighted by Crippen LogP contribution is -2.38. The average molecular weight is 421 g/mol. The molecule has 1 heterocycles. The Morgan fingerprint density at radius 1 is 1.15 bits per heavy atom. The topological polar surface area (TPSA) is 49.4 Å². The zero-order valence-electron chi connectivity index (χ0n) is 14.7. The Labute approximate surface area is 172 Å². The molecule has 2 aromatic carbocycles. The summed E-state index contributed by atoms with van der Waals surface area (Å²) in [6.07, 6.45) is 4.37. The van der Waals surface area contributed by atoms with Crippen molar-refractivity contribution in [2.45, 2.75) is 36.5 Å². The fourth-order valence-electron chi connectivity index (χ4n) is 3.65. The molecule has 0 spiro atoms. The molecule has 4 rings (SSSR count). The first-order valence-corrected chi connectivity index (χ1v) is 10.3. The van der Waals surface area contributed by atoms with Crippen LogP contribution >= 0.6 is 35.1 Å². The van der Waals surface area contributed by atoms with E-state index in [2.05, 4.69) is 11.4 Å². The van der Waals surface area contributed by atoms with E-state index in [0.29, 0.717) is 15.7 Å². The number of anilines is 1. The van der Waals surface area contributed by atoms with Gasteiger partial charge in [0.05, 0.1) is 10.7 Å².